The van der Waals surface area contributed by atoms with Gasteiger partial charge >= 0.3 is 6.61 Å². The van der Waals surface area contributed by atoms with Crippen LogP contribution in [0.2, 0.25) is 0 Å². The van der Waals surface area contributed by atoms with Crippen molar-refractivity contribution in [2.24, 2.45) is 4.99 Å². The van der Waals surface area contributed by atoms with Crippen molar-refractivity contribution in [3.05, 3.63) is 47.3 Å². The van der Waals surface area contributed by atoms with Crippen LogP contribution in [0.15, 0.2) is 35.3 Å². The van der Waals surface area contributed by atoms with Crippen LogP contribution in [0.5, 0.6) is 5.75 Å². The maximum absolute atomic E-state index is 12.2. The lowest BCUT2D eigenvalue weighted by atomic mass is 10.2. The van der Waals surface area contributed by atoms with Gasteiger partial charge in [-0.15, -0.1) is 24.0 Å². The van der Waals surface area contributed by atoms with Crippen LogP contribution in [0, 0.1) is 13.8 Å². The summed E-state index contributed by atoms with van der Waals surface area (Å²) in [7, 11) is 3.67. The van der Waals surface area contributed by atoms with Crippen molar-refractivity contribution in [2.75, 3.05) is 20.6 Å². The summed E-state index contributed by atoms with van der Waals surface area (Å²) in [6.45, 7) is 3.46. The third kappa shape index (κ3) is 7.61. The first kappa shape index (κ1) is 24.1. The van der Waals surface area contributed by atoms with E-state index in [1.165, 1.54) is 0 Å². The number of nitrogens with one attached hydrogen (secondary N) is 1. The molecular formula is C19H28F2IN5O. The van der Waals surface area contributed by atoms with Crippen LogP contribution < -0.4 is 10.1 Å². The highest BCUT2D eigenvalue weighted by molar-refractivity contribution is 14.0. The first-order valence-corrected chi connectivity index (χ1v) is 8.85. The summed E-state index contributed by atoms with van der Waals surface area (Å²) in [5.41, 5.74) is 3.17. The topological polar surface area (TPSA) is 54.7 Å². The molecule has 0 amide bonds. The summed E-state index contributed by atoms with van der Waals surface area (Å²) in [6, 6.07) is 8.69. The van der Waals surface area contributed by atoms with E-state index in [-0.39, 0.29) is 29.7 Å². The molecule has 0 bridgehead atoms. The third-order valence-electron chi connectivity index (χ3n) is 4.07. The Labute approximate surface area is 182 Å². The Balaban J connectivity index is 0.00000392. The smallest absolute Gasteiger partial charge is 0.387 e. The fourth-order valence-electron chi connectivity index (χ4n) is 2.84. The molecule has 0 aliphatic heterocycles. The van der Waals surface area contributed by atoms with Gasteiger partial charge in [0.2, 0.25) is 0 Å². The lowest BCUT2D eigenvalue weighted by Crippen LogP contribution is -2.39. The van der Waals surface area contributed by atoms with Gasteiger partial charge in [-0.25, -0.2) is 0 Å². The van der Waals surface area contributed by atoms with E-state index >= 15 is 0 Å². The Bertz CT molecular complexity index is 749. The summed E-state index contributed by atoms with van der Waals surface area (Å²) >= 11 is 0. The van der Waals surface area contributed by atoms with Gasteiger partial charge < -0.3 is 15.0 Å². The molecular weight excluding hydrogens is 479 g/mol. The summed E-state index contributed by atoms with van der Waals surface area (Å²) in [5.74, 6) is 0.930. The SMILES string of the molecule is CN=C(NCCCn1nc(C)cc1C)N(C)Cc1ccc(OC(F)F)cc1.I. The van der Waals surface area contributed by atoms with E-state index in [4.69, 9.17) is 0 Å². The number of hydrogen-bond acceptors (Lipinski definition) is 3. The Morgan fingerprint density at radius 1 is 1.29 bits per heavy atom. The predicted octanol–water partition coefficient (Wildman–Crippen LogP) is 3.82. The highest BCUT2D eigenvalue weighted by atomic mass is 127. The fourth-order valence-corrected chi connectivity index (χ4v) is 2.84. The van der Waals surface area contributed by atoms with Gasteiger partial charge in [0.15, 0.2) is 5.96 Å². The number of aryl methyl sites for hydroxylation is 3. The molecule has 0 fully saturated rings. The molecule has 1 N–H and O–H groups in total. The number of ether oxygens (including phenoxy) is 1. The minimum absolute atomic E-state index is 0. The molecule has 6 nitrogen and oxygen atoms in total. The largest absolute Gasteiger partial charge is 0.435 e. The molecule has 0 aliphatic rings. The quantitative estimate of drug-likeness (QED) is 0.256. The Kier molecular flexibility index (Phi) is 10.2. The molecule has 1 aromatic heterocycles. The van der Waals surface area contributed by atoms with Crippen LogP contribution >= 0.6 is 24.0 Å². The maximum atomic E-state index is 12.2. The number of nitrogens with zero attached hydrogens (tertiary/aromatic N) is 4. The van der Waals surface area contributed by atoms with E-state index < -0.39 is 6.61 Å². The van der Waals surface area contributed by atoms with Crippen molar-refractivity contribution in [2.45, 2.75) is 40.0 Å². The molecule has 0 aliphatic carbocycles. The van der Waals surface area contributed by atoms with Crippen LogP contribution in [-0.2, 0) is 13.1 Å². The average molecular weight is 507 g/mol. The summed E-state index contributed by atoms with van der Waals surface area (Å²) in [5, 5.41) is 7.79. The van der Waals surface area contributed by atoms with E-state index in [0.29, 0.717) is 6.54 Å². The maximum Gasteiger partial charge on any atom is 0.387 e. The zero-order valence-electron chi connectivity index (χ0n) is 16.7. The predicted molar refractivity (Wildman–Crippen MR) is 118 cm³/mol. The molecule has 156 valence electrons. The van der Waals surface area contributed by atoms with E-state index in [9.17, 15) is 8.78 Å². The van der Waals surface area contributed by atoms with Gasteiger partial charge in [0, 0.05) is 39.4 Å². The number of alkyl halides is 2. The minimum Gasteiger partial charge on any atom is -0.435 e. The number of benzene rings is 1. The lowest BCUT2D eigenvalue weighted by Gasteiger charge is -2.22. The molecule has 1 heterocycles. The van der Waals surface area contributed by atoms with Gasteiger partial charge in [-0.2, -0.15) is 13.9 Å². The molecule has 1 aromatic carbocycles. The van der Waals surface area contributed by atoms with Crippen molar-refractivity contribution in [1.82, 2.24) is 20.0 Å². The molecule has 0 unspecified atom stereocenters. The second kappa shape index (κ2) is 11.8. The minimum atomic E-state index is -2.81. The van der Waals surface area contributed by atoms with E-state index in [2.05, 4.69) is 33.1 Å². The first-order valence-electron chi connectivity index (χ1n) is 8.85. The number of hydrogen-bond donors (Lipinski definition) is 1. The van der Waals surface area contributed by atoms with E-state index in [0.717, 1.165) is 42.4 Å². The summed E-state index contributed by atoms with van der Waals surface area (Å²) in [4.78, 5) is 6.27. The second-order valence-corrected chi connectivity index (χ2v) is 6.36. The Morgan fingerprint density at radius 2 is 1.96 bits per heavy atom. The standard InChI is InChI=1S/C19H27F2N5O.HI/c1-14-12-15(2)26(24-14)11-5-10-23-19(22-3)25(4)13-16-6-8-17(9-7-16)27-18(20)21;/h6-9,12,18H,5,10-11,13H2,1-4H3,(H,22,23);1H. The summed E-state index contributed by atoms with van der Waals surface area (Å²) < 4.78 is 30.8. The van der Waals surface area contributed by atoms with Gasteiger partial charge in [-0.1, -0.05) is 12.1 Å². The van der Waals surface area contributed by atoms with Crippen LogP contribution in [0.25, 0.3) is 0 Å². The van der Waals surface area contributed by atoms with Gasteiger partial charge in [0.25, 0.3) is 0 Å². The van der Waals surface area contributed by atoms with Crippen LogP contribution in [0.4, 0.5) is 8.78 Å². The fraction of sp³-hybridized carbons (Fsp3) is 0.474. The molecule has 2 aromatic rings. The highest BCUT2D eigenvalue weighted by Crippen LogP contribution is 2.15. The first-order chi connectivity index (χ1) is 12.9. The van der Waals surface area contributed by atoms with Gasteiger partial charge in [0.1, 0.15) is 5.75 Å². The number of aliphatic imine (C=N–C) groups is 1. The van der Waals surface area contributed by atoms with Gasteiger partial charge in [-0.3, -0.25) is 9.67 Å². The monoisotopic (exact) mass is 507 g/mol. The molecule has 0 spiro atoms. The molecule has 0 radical (unpaired) electrons. The van der Waals surface area contributed by atoms with Gasteiger partial charge in [0.05, 0.1) is 5.69 Å². The molecule has 2 rings (SSSR count). The van der Waals surface area contributed by atoms with Crippen LogP contribution in [0.3, 0.4) is 0 Å². The molecule has 0 atom stereocenters. The third-order valence-corrected chi connectivity index (χ3v) is 4.07. The Morgan fingerprint density at radius 3 is 2.50 bits per heavy atom. The molecule has 28 heavy (non-hydrogen) atoms. The van der Waals surface area contributed by atoms with E-state index in [1.807, 2.05) is 23.6 Å². The highest BCUT2D eigenvalue weighted by Gasteiger charge is 2.08. The van der Waals surface area contributed by atoms with Crippen molar-refractivity contribution in [3.8, 4) is 5.75 Å². The average Bonchev–Trinajstić information content (AvgIpc) is 2.93. The normalized spacial score (nSPS) is 11.3. The van der Waals surface area contributed by atoms with Crippen molar-refractivity contribution in [3.63, 3.8) is 0 Å². The molecule has 9 heteroatoms. The summed E-state index contributed by atoms with van der Waals surface area (Å²) in [6.07, 6.45) is 0.925. The van der Waals surface area contributed by atoms with Crippen molar-refractivity contribution in [1.29, 1.82) is 0 Å². The van der Waals surface area contributed by atoms with Crippen molar-refractivity contribution < 1.29 is 13.5 Å². The van der Waals surface area contributed by atoms with Crippen LogP contribution in [-0.4, -0.2) is 47.9 Å². The molecule has 0 saturated carbocycles. The number of rotatable bonds is 8. The molecule has 0 saturated heterocycles. The number of halogens is 3. The zero-order chi connectivity index (χ0) is 19.8. The van der Waals surface area contributed by atoms with Gasteiger partial charge in [-0.05, 0) is 44.0 Å². The number of aromatic nitrogens is 2. The Hall–Kier alpha value is -1.91. The van der Waals surface area contributed by atoms with Crippen LogP contribution in [0.1, 0.15) is 23.4 Å². The second-order valence-electron chi connectivity index (χ2n) is 6.36. The van der Waals surface area contributed by atoms with E-state index in [1.54, 1.807) is 31.3 Å². The number of guanidine groups is 1. The zero-order valence-corrected chi connectivity index (χ0v) is 19.0. The van der Waals surface area contributed by atoms with Crippen molar-refractivity contribution >= 4 is 29.9 Å². The lowest BCUT2D eigenvalue weighted by molar-refractivity contribution is -0.0498.